The number of hydrogen-bond donors (Lipinski definition) is 0. The summed E-state index contributed by atoms with van der Waals surface area (Å²) in [6.07, 6.45) is 6.60. The lowest BCUT2D eigenvalue weighted by Gasteiger charge is -2.08. The molecule has 0 aromatic carbocycles. The predicted molar refractivity (Wildman–Crippen MR) is 46.8 cm³/mol. The Morgan fingerprint density at radius 2 is 2.25 bits per heavy atom. The van der Waals surface area contributed by atoms with Gasteiger partial charge in [0.05, 0.1) is 12.4 Å². The van der Waals surface area contributed by atoms with Crippen LogP contribution in [-0.4, -0.2) is 15.9 Å². The molecule has 0 amide bonds. The van der Waals surface area contributed by atoms with E-state index in [2.05, 4.69) is 10.1 Å². The molecule has 0 bridgehead atoms. The van der Waals surface area contributed by atoms with Gasteiger partial charge in [-0.05, 0) is 0 Å². The summed E-state index contributed by atoms with van der Waals surface area (Å²) < 4.78 is 1.43. The van der Waals surface area contributed by atoms with Gasteiger partial charge in [0.2, 0.25) is 0 Å². The zero-order valence-corrected chi connectivity index (χ0v) is 7.56. The van der Waals surface area contributed by atoms with Gasteiger partial charge in [0, 0.05) is 11.6 Å². The lowest BCUT2D eigenvalue weighted by atomic mass is 10.00. The second-order valence-electron chi connectivity index (χ2n) is 3.60. The third-order valence-electron chi connectivity index (χ3n) is 1.06. The first-order valence-corrected chi connectivity index (χ1v) is 3.78. The molecule has 0 aliphatic heterocycles. The van der Waals surface area contributed by atoms with Crippen molar-refractivity contribution in [3.05, 3.63) is 18.7 Å². The van der Waals surface area contributed by atoms with Gasteiger partial charge in [-0.25, -0.2) is 4.98 Å². The highest BCUT2D eigenvalue weighted by Crippen LogP contribution is 2.07. The van der Waals surface area contributed by atoms with Gasteiger partial charge in [0.15, 0.2) is 0 Å². The fourth-order valence-electron chi connectivity index (χ4n) is 0.531. The van der Waals surface area contributed by atoms with E-state index in [0.29, 0.717) is 0 Å². The lowest BCUT2D eigenvalue weighted by Crippen LogP contribution is -2.10. The third-order valence-corrected chi connectivity index (χ3v) is 1.06. The Balaban J connectivity index is 2.41. The van der Waals surface area contributed by atoms with Gasteiger partial charge in [-0.3, -0.25) is 4.94 Å². The Bertz CT molecular complexity index is 246. The molecule has 1 heterocycles. The number of nitrogens with zero attached hydrogens (tertiary/aromatic N) is 3. The van der Waals surface area contributed by atoms with Crippen molar-refractivity contribution in [2.24, 2.45) is 10.6 Å². The first-order chi connectivity index (χ1) is 5.58. The average molecular weight is 167 g/mol. The molecule has 66 valence electrons. The Kier molecular flexibility index (Phi) is 2.47. The van der Waals surface area contributed by atoms with Crippen molar-refractivity contribution in [1.82, 2.24) is 9.71 Å². The van der Waals surface area contributed by atoms with E-state index in [9.17, 15) is 0 Å². The van der Waals surface area contributed by atoms with E-state index in [1.54, 1.807) is 24.9 Å². The normalized spacial score (nSPS) is 12.2. The molecule has 0 saturated carbocycles. The maximum absolute atomic E-state index is 4.95. The molecule has 0 fully saturated rings. The fraction of sp³-hybridized carbons (Fsp3) is 0.500. The Hall–Kier alpha value is -1.32. The van der Waals surface area contributed by atoms with Gasteiger partial charge in [0.1, 0.15) is 6.33 Å². The van der Waals surface area contributed by atoms with Crippen LogP contribution < -0.4 is 4.94 Å². The smallest absolute Gasteiger partial charge is 0.134 e. The maximum Gasteiger partial charge on any atom is 0.134 e. The van der Waals surface area contributed by atoms with Crippen molar-refractivity contribution in [3.63, 3.8) is 0 Å². The van der Waals surface area contributed by atoms with E-state index in [-0.39, 0.29) is 5.41 Å². The van der Waals surface area contributed by atoms with Crippen LogP contribution in [0.2, 0.25) is 0 Å². The summed E-state index contributed by atoms with van der Waals surface area (Å²) in [5.41, 5.74) is 0.0422. The molecule has 0 atom stereocenters. The van der Waals surface area contributed by atoms with E-state index in [1.165, 1.54) is 4.73 Å². The monoisotopic (exact) mass is 167 g/mol. The van der Waals surface area contributed by atoms with Crippen molar-refractivity contribution in [2.75, 3.05) is 0 Å². The van der Waals surface area contributed by atoms with Gasteiger partial charge < -0.3 is 0 Å². The zero-order chi connectivity index (χ0) is 9.03. The topological polar surface area (TPSA) is 39.4 Å². The predicted octanol–water partition coefficient (Wildman–Crippen LogP) is 1.34. The van der Waals surface area contributed by atoms with Crippen LogP contribution in [0.3, 0.4) is 0 Å². The highest BCUT2D eigenvalue weighted by Gasteiger charge is 2.04. The Morgan fingerprint density at radius 3 is 2.75 bits per heavy atom. The van der Waals surface area contributed by atoms with Crippen molar-refractivity contribution < 1.29 is 4.94 Å². The first-order valence-electron chi connectivity index (χ1n) is 3.78. The molecule has 12 heavy (non-hydrogen) atoms. The number of imidazole rings is 1. The zero-order valence-electron chi connectivity index (χ0n) is 7.56. The van der Waals surface area contributed by atoms with Gasteiger partial charge >= 0.3 is 0 Å². The lowest BCUT2D eigenvalue weighted by molar-refractivity contribution is 0.117. The van der Waals surface area contributed by atoms with Crippen molar-refractivity contribution in [2.45, 2.75) is 20.8 Å². The van der Waals surface area contributed by atoms with Crippen LogP contribution in [0.4, 0.5) is 0 Å². The minimum Gasteiger partial charge on any atom is -0.263 e. The fourth-order valence-corrected chi connectivity index (χ4v) is 0.531. The van der Waals surface area contributed by atoms with Crippen LogP contribution in [0.1, 0.15) is 20.8 Å². The molecule has 1 rings (SSSR count). The molecule has 4 nitrogen and oxygen atoms in total. The highest BCUT2D eigenvalue weighted by atomic mass is 16.8. The molecule has 0 spiro atoms. The number of oxime groups is 1. The van der Waals surface area contributed by atoms with Gasteiger partial charge in [0.25, 0.3) is 0 Å². The van der Waals surface area contributed by atoms with Crippen molar-refractivity contribution in [1.29, 1.82) is 0 Å². The third kappa shape index (κ3) is 3.18. The van der Waals surface area contributed by atoms with E-state index in [0.717, 1.165) is 0 Å². The van der Waals surface area contributed by atoms with Gasteiger partial charge in [-0.15, -0.1) is 4.73 Å². The summed E-state index contributed by atoms with van der Waals surface area (Å²) in [5.74, 6) is 0. The van der Waals surface area contributed by atoms with Crippen LogP contribution in [0.5, 0.6) is 0 Å². The minimum atomic E-state index is 0.0422. The minimum absolute atomic E-state index is 0.0422. The average Bonchev–Trinajstić information content (AvgIpc) is 2.36. The molecule has 0 radical (unpaired) electrons. The van der Waals surface area contributed by atoms with Crippen LogP contribution >= 0.6 is 0 Å². The number of aromatic nitrogens is 2. The summed E-state index contributed by atoms with van der Waals surface area (Å²) >= 11 is 0. The van der Waals surface area contributed by atoms with Crippen LogP contribution in [-0.2, 0) is 0 Å². The SMILES string of the molecule is CC(C)(C)C=NOn1ccnc1. The molecule has 0 N–H and O–H groups in total. The Morgan fingerprint density at radius 1 is 1.50 bits per heavy atom. The van der Waals surface area contributed by atoms with E-state index >= 15 is 0 Å². The second kappa shape index (κ2) is 3.38. The van der Waals surface area contributed by atoms with Crippen LogP contribution in [0, 0.1) is 5.41 Å². The molecule has 1 aromatic heterocycles. The van der Waals surface area contributed by atoms with Gasteiger partial charge in [-0.1, -0.05) is 25.9 Å². The first kappa shape index (κ1) is 8.77. The molecule has 0 saturated heterocycles. The van der Waals surface area contributed by atoms with Gasteiger partial charge in [-0.2, -0.15) is 0 Å². The van der Waals surface area contributed by atoms with Crippen LogP contribution in [0.15, 0.2) is 23.9 Å². The van der Waals surface area contributed by atoms with Crippen molar-refractivity contribution >= 4 is 6.21 Å². The maximum atomic E-state index is 4.95. The molecule has 4 heteroatoms. The second-order valence-corrected chi connectivity index (χ2v) is 3.60. The molecule has 1 aromatic rings. The molecule has 0 aliphatic carbocycles. The van der Waals surface area contributed by atoms with E-state index < -0.39 is 0 Å². The van der Waals surface area contributed by atoms with Crippen LogP contribution in [0.25, 0.3) is 0 Å². The standard InChI is InChI=1S/C8H13N3O/c1-8(2,3)6-10-12-11-5-4-9-7-11/h4-7H,1-3H3. The van der Waals surface area contributed by atoms with Crippen molar-refractivity contribution in [3.8, 4) is 0 Å². The largest absolute Gasteiger partial charge is 0.263 e. The number of rotatable bonds is 2. The number of hydrogen-bond acceptors (Lipinski definition) is 3. The molecule has 0 aliphatic rings. The van der Waals surface area contributed by atoms with E-state index in [4.69, 9.17) is 4.94 Å². The summed E-state index contributed by atoms with van der Waals surface area (Å²) in [5, 5.41) is 3.78. The summed E-state index contributed by atoms with van der Waals surface area (Å²) in [4.78, 5) is 8.75. The molecular weight excluding hydrogens is 154 g/mol. The summed E-state index contributed by atoms with van der Waals surface area (Å²) in [6, 6.07) is 0. The molecular formula is C8H13N3O. The molecule has 0 unspecified atom stereocenters. The summed E-state index contributed by atoms with van der Waals surface area (Å²) in [6.45, 7) is 6.15. The summed E-state index contributed by atoms with van der Waals surface area (Å²) in [7, 11) is 0. The Labute approximate surface area is 71.8 Å². The highest BCUT2D eigenvalue weighted by molar-refractivity contribution is 5.63. The quantitative estimate of drug-likeness (QED) is 0.492. The van der Waals surface area contributed by atoms with E-state index in [1.807, 2.05) is 20.8 Å².